The van der Waals surface area contributed by atoms with Crippen LogP contribution in [0.25, 0.3) is 0 Å². The summed E-state index contributed by atoms with van der Waals surface area (Å²) in [7, 11) is -0.449. The lowest BCUT2D eigenvalue weighted by Gasteiger charge is -2.12. The highest BCUT2D eigenvalue weighted by molar-refractivity contribution is 7.92. The Bertz CT molecular complexity index is 847. The monoisotopic (exact) mass is 350 g/mol. The quantitative estimate of drug-likeness (QED) is 0.901. The van der Waals surface area contributed by atoms with Crippen LogP contribution in [0.5, 0.6) is 0 Å². The van der Waals surface area contributed by atoms with Gasteiger partial charge < -0.3 is 4.90 Å². The van der Waals surface area contributed by atoms with Gasteiger partial charge in [-0.1, -0.05) is 12.1 Å². The molecule has 0 unspecified atom stereocenters. The van der Waals surface area contributed by atoms with Gasteiger partial charge in [0.15, 0.2) is 0 Å². The molecule has 1 N–H and O–H groups in total. The first-order chi connectivity index (χ1) is 11.2. The summed E-state index contributed by atoms with van der Waals surface area (Å²) in [5.41, 5.74) is 1.49. The third kappa shape index (κ3) is 4.32. The molecule has 2 aromatic rings. The Morgan fingerprint density at radius 3 is 2.29 bits per heavy atom. The van der Waals surface area contributed by atoms with Gasteiger partial charge in [-0.05, 0) is 48.4 Å². The fraction of sp³-hybridized carbons (Fsp3) is 0.235. The average Bonchev–Trinajstić information content (AvgIpc) is 2.48. The van der Waals surface area contributed by atoms with E-state index in [1.54, 1.807) is 38.4 Å². The number of benzene rings is 2. The molecule has 5 nitrogen and oxygen atoms in total. The Kier molecular flexibility index (Phi) is 5.23. The average molecular weight is 350 g/mol. The maximum atomic E-state index is 13.1. The van der Waals surface area contributed by atoms with Crippen LogP contribution >= 0.6 is 0 Å². The molecule has 0 radical (unpaired) electrons. The molecule has 2 aromatic carbocycles. The number of rotatable bonds is 5. The SMILES string of the molecule is Cc1cc(F)ccc1S(=O)(=O)Nc1ccc(CC(=O)N(C)C)cc1. The molecule has 0 heterocycles. The summed E-state index contributed by atoms with van der Waals surface area (Å²) in [4.78, 5) is 13.2. The molecule has 1 amide bonds. The predicted octanol–water partition coefficient (Wildman–Crippen LogP) is 2.57. The van der Waals surface area contributed by atoms with Crippen molar-refractivity contribution in [1.82, 2.24) is 4.90 Å². The van der Waals surface area contributed by atoms with Gasteiger partial charge in [-0.2, -0.15) is 0 Å². The maximum Gasteiger partial charge on any atom is 0.262 e. The molecule has 0 aliphatic carbocycles. The number of carbonyl (C=O) groups excluding carboxylic acids is 1. The molecule has 7 heteroatoms. The van der Waals surface area contributed by atoms with Crippen LogP contribution in [0.3, 0.4) is 0 Å². The van der Waals surface area contributed by atoms with Crippen molar-refractivity contribution in [1.29, 1.82) is 0 Å². The highest BCUT2D eigenvalue weighted by atomic mass is 32.2. The molecule has 0 spiro atoms. The van der Waals surface area contributed by atoms with Crippen molar-refractivity contribution in [3.8, 4) is 0 Å². The highest BCUT2D eigenvalue weighted by Gasteiger charge is 2.17. The van der Waals surface area contributed by atoms with Gasteiger partial charge in [-0.25, -0.2) is 12.8 Å². The van der Waals surface area contributed by atoms with Crippen molar-refractivity contribution in [3.63, 3.8) is 0 Å². The van der Waals surface area contributed by atoms with Crippen LogP contribution in [0.2, 0.25) is 0 Å². The standard InChI is InChI=1S/C17H19FN2O3S/c1-12-10-14(18)6-9-16(12)24(22,23)19-15-7-4-13(5-8-15)11-17(21)20(2)3/h4-10,19H,11H2,1-3H3. The minimum absolute atomic E-state index is 0.0239. The number of nitrogens with zero attached hydrogens (tertiary/aromatic N) is 1. The summed E-state index contributed by atoms with van der Waals surface area (Å²) in [5, 5.41) is 0. The molecule has 128 valence electrons. The first-order valence-corrected chi connectivity index (χ1v) is 8.75. The number of aryl methyl sites for hydroxylation is 1. The Hall–Kier alpha value is -2.41. The van der Waals surface area contributed by atoms with E-state index in [2.05, 4.69) is 4.72 Å². The fourth-order valence-corrected chi connectivity index (χ4v) is 3.43. The number of nitrogens with one attached hydrogen (secondary N) is 1. The highest BCUT2D eigenvalue weighted by Crippen LogP contribution is 2.20. The smallest absolute Gasteiger partial charge is 0.262 e. The molecular formula is C17H19FN2O3S. The van der Waals surface area contributed by atoms with Crippen molar-refractivity contribution in [2.45, 2.75) is 18.2 Å². The fourth-order valence-electron chi connectivity index (χ4n) is 2.15. The third-order valence-corrected chi connectivity index (χ3v) is 5.03. The molecule has 0 aliphatic rings. The number of carbonyl (C=O) groups is 1. The molecular weight excluding hydrogens is 331 g/mol. The maximum absolute atomic E-state index is 13.1. The molecule has 0 saturated carbocycles. The Morgan fingerprint density at radius 1 is 1.12 bits per heavy atom. The van der Waals surface area contributed by atoms with Gasteiger partial charge in [-0.3, -0.25) is 9.52 Å². The van der Waals surface area contributed by atoms with Crippen molar-refractivity contribution in [2.75, 3.05) is 18.8 Å². The van der Waals surface area contributed by atoms with Crippen molar-refractivity contribution < 1.29 is 17.6 Å². The van der Waals surface area contributed by atoms with E-state index in [1.165, 1.54) is 24.0 Å². The van der Waals surface area contributed by atoms with Gasteiger partial charge in [0.05, 0.1) is 11.3 Å². The van der Waals surface area contributed by atoms with Crippen LogP contribution in [0.4, 0.5) is 10.1 Å². The van der Waals surface area contributed by atoms with Gasteiger partial charge in [0.1, 0.15) is 5.82 Å². The van der Waals surface area contributed by atoms with Crippen LogP contribution in [0, 0.1) is 12.7 Å². The van der Waals surface area contributed by atoms with Crippen LogP contribution in [-0.4, -0.2) is 33.3 Å². The topological polar surface area (TPSA) is 66.5 Å². The van der Waals surface area contributed by atoms with E-state index in [-0.39, 0.29) is 17.2 Å². The Morgan fingerprint density at radius 2 is 1.75 bits per heavy atom. The number of hydrogen-bond donors (Lipinski definition) is 1. The second kappa shape index (κ2) is 7.00. The van der Waals surface area contributed by atoms with E-state index >= 15 is 0 Å². The van der Waals surface area contributed by atoms with Gasteiger partial charge in [-0.15, -0.1) is 0 Å². The Balaban J connectivity index is 2.17. The number of halogens is 1. The molecule has 0 fully saturated rings. The van der Waals surface area contributed by atoms with Crippen molar-refractivity contribution >= 4 is 21.6 Å². The van der Waals surface area contributed by atoms with Crippen LogP contribution in [-0.2, 0) is 21.2 Å². The summed E-state index contributed by atoms with van der Waals surface area (Å²) in [6.45, 7) is 1.54. The molecule has 0 bridgehead atoms. The summed E-state index contributed by atoms with van der Waals surface area (Å²) in [5.74, 6) is -0.522. The summed E-state index contributed by atoms with van der Waals surface area (Å²) >= 11 is 0. The number of amides is 1. The third-order valence-electron chi connectivity index (χ3n) is 3.49. The minimum Gasteiger partial charge on any atom is -0.349 e. The van der Waals surface area contributed by atoms with Gasteiger partial charge in [0.2, 0.25) is 5.91 Å². The van der Waals surface area contributed by atoms with Crippen LogP contribution in [0.1, 0.15) is 11.1 Å². The zero-order chi connectivity index (χ0) is 17.9. The van der Waals surface area contributed by atoms with Crippen molar-refractivity contribution in [2.24, 2.45) is 0 Å². The molecule has 2 rings (SSSR count). The second-order valence-corrected chi connectivity index (χ2v) is 7.33. The Labute approximate surface area is 141 Å². The van der Waals surface area contributed by atoms with Gasteiger partial charge >= 0.3 is 0 Å². The molecule has 0 aromatic heterocycles. The lowest BCUT2D eigenvalue weighted by Crippen LogP contribution is -2.23. The van der Waals surface area contributed by atoms with E-state index in [9.17, 15) is 17.6 Å². The first-order valence-electron chi connectivity index (χ1n) is 7.27. The molecule has 24 heavy (non-hydrogen) atoms. The zero-order valence-corrected chi connectivity index (χ0v) is 14.5. The van der Waals surface area contributed by atoms with E-state index in [4.69, 9.17) is 0 Å². The minimum atomic E-state index is -3.80. The largest absolute Gasteiger partial charge is 0.349 e. The first kappa shape index (κ1) is 17.9. The number of likely N-dealkylation sites (N-methyl/N-ethyl adjacent to an activating group) is 1. The summed E-state index contributed by atoms with van der Waals surface area (Å²) in [6, 6.07) is 10.1. The van der Waals surface area contributed by atoms with Crippen molar-refractivity contribution in [3.05, 3.63) is 59.4 Å². The van der Waals surface area contributed by atoms with E-state index in [1.807, 2.05) is 0 Å². The number of hydrogen-bond acceptors (Lipinski definition) is 3. The molecule has 0 saturated heterocycles. The lowest BCUT2D eigenvalue weighted by atomic mass is 10.1. The lowest BCUT2D eigenvalue weighted by molar-refractivity contribution is -0.127. The molecule has 0 atom stereocenters. The van der Waals surface area contributed by atoms with Crippen LogP contribution in [0.15, 0.2) is 47.4 Å². The molecule has 0 aliphatic heterocycles. The zero-order valence-electron chi connectivity index (χ0n) is 13.7. The van der Waals surface area contributed by atoms with Crippen LogP contribution < -0.4 is 4.72 Å². The van der Waals surface area contributed by atoms with Gasteiger partial charge in [0, 0.05) is 19.8 Å². The van der Waals surface area contributed by atoms with E-state index in [0.717, 1.165) is 11.6 Å². The normalized spacial score (nSPS) is 11.2. The van der Waals surface area contributed by atoms with Gasteiger partial charge in [0.25, 0.3) is 10.0 Å². The summed E-state index contributed by atoms with van der Waals surface area (Å²) < 4.78 is 40.4. The van der Waals surface area contributed by atoms with E-state index < -0.39 is 15.8 Å². The van der Waals surface area contributed by atoms with E-state index in [0.29, 0.717) is 11.3 Å². The predicted molar refractivity (Wildman–Crippen MR) is 90.8 cm³/mol. The number of anilines is 1. The summed E-state index contributed by atoms with van der Waals surface area (Å²) in [6.07, 6.45) is 0.247. The second-order valence-electron chi connectivity index (χ2n) is 5.68. The number of sulfonamides is 1.